The molecule has 0 atom stereocenters. The van der Waals surface area contributed by atoms with Crippen LogP contribution in [0.25, 0.3) is 6.08 Å². The Morgan fingerprint density at radius 3 is 2.61 bits per heavy atom. The summed E-state index contributed by atoms with van der Waals surface area (Å²) in [7, 11) is 0. The van der Waals surface area contributed by atoms with Gasteiger partial charge < -0.3 is 9.64 Å². The van der Waals surface area contributed by atoms with Crippen molar-refractivity contribution in [1.29, 1.82) is 0 Å². The predicted molar refractivity (Wildman–Crippen MR) is 106 cm³/mol. The number of ether oxygens (including phenoxy) is 1. The fraction of sp³-hybridized carbons (Fsp3) is 0.238. The van der Waals surface area contributed by atoms with Crippen molar-refractivity contribution in [2.24, 2.45) is 0 Å². The van der Waals surface area contributed by atoms with E-state index in [1.54, 1.807) is 29.2 Å². The molecule has 0 radical (unpaired) electrons. The van der Waals surface area contributed by atoms with Crippen molar-refractivity contribution in [3.8, 4) is 0 Å². The van der Waals surface area contributed by atoms with E-state index in [1.807, 2.05) is 24.3 Å². The third kappa shape index (κ3) is 3.81. The fourth-order valence-electron chi connectivity index (χ4n) is 3.20. The van der Waals surface area contributed by atoms with Crippen LogP contribution in [0.2, 0.25) is 0 Å². The third-order valence-corrected chi connectivity index (χ3v) is 5.76. The van der Waals surface area contributed by atoms with E-state index in [4.69, 9.17) is 4.74 Å². The van der Waals surface area contributed by atoms with E-state index < -0.39 is 5.82 Å². The van der Waals surface area contributed by atoms with Gasteiger partial charge in [-0.05, 0) is 24.3 Å². The third-order valence-electron chi connectivity index (χ3n) is 4.68. The highest BCUT2D eigenvalue weighted by Crippen LogP contribution is 2.42. The molecule has 144 valence electrons. The van der Waals surface area contributed by atoms with E-state index in [2.05, 4.69) is 0 Å². The van der Waals surface area contributed by atoms with E-state index in [9.17, 15) is 14.0 Å². The molecule has 2 amide bonds. The zero-order valence-corrected chi connectivity index (χ0v) is 16.0. The molecule has 2 aromatic carbocycles. The Hall–Kier alpha value is -2.64. The maximum absolute atomic E-state index is 14.1. The van der Waals surface area contributed by atoms with Crippen LogP contribution in [0.3, 0.4) is 0 Å². The normalized spacial score (nSPS) is 18.3. The van der Waals surface area contributed by atoms with Crippen LogP contribution in [0.4, 0.5) is 10.1 Å². The minimum absolute atomic E-state index is 0.0506. The van der Waals surface area contributed by atoms with Crippen molar-refractivity contribution in [2.45, 2.75) is 4.90 Å². The maximum atomic E-state index is 14.1. The highest BCUT2D eigenvalue weighted by atomic mass is 32.2. The van der Waals surface area contributed by atoms with Gasteiger partial charge >= 0.3 is 0 Å². The first kappa shape index (κ1) is 18.7. The van der Waals surface area contributed by atoms with Crippen LogP contribution in [0.15, 0.2) is 58.3 Å². The molecule has 4 rings (SSSR count). The molecule has 0 spiro atoms. The quantitative estimate of drug-likeness (QED) is 0.746. The Bertz CT molecular complexity index is 941. The van der Waals surface area contributed by atoms with Crippen molar-refractivity contribution < 1.29 is 18.7 Å². The molecule has 0 aliphatic carbocycles. The molecular weight excluding hydrogens is 379 g/mol. The molecule has 0 unspecified atom stereocenters. The van der Waals surface area contributed by atoms with E-state index in [0.29, 0.717) is 42.5 Å². The summed E-state index contributed by atoms with van der Waals surface area (Å²) in [5, 5.41) is 0. The highest BCUT2D eigenvalue weighted by Gasteiger charge is 2.32. The van der Waals surface area contributed by atoms with E-state index in [-0.39, 0.29) is 18.4 Å². The van der Waals surface area contributed by atoms with E-state index >= 15 is 0 Å². The number of carbonyl (C=O) groups excluding carboxylic acids is 2. The second-order valence-electron chi connectivity index (χ2n) is 6.48. The lowest BCUT2D eigenvalue weighted by molar-refractivity contribution is -0.134. The Morgan fingerprint density at radius 2 is 1.82 bits per heavy atom. The second kappa shape index (κ2) is 8.16. The lowest BCUT2D eigenvalue weighted by Gasteiger charge is -2.33. The van der Waals surface area contributed by atoms with Crippen LogP contribution in [0, 0.1) is 5.82 Å². The molecule has 28 heavy (non-hydrogen) atoms. The zero-order valence-electron chi connectivity index (χ0n) is 15.1. The summed E-state index contributed by atoms with van der Waals surface area (Å²) < 4.78 is 19.4. The van der Waals surface area contributed by atoms with Crippen molar-refractivity contribution in [2.75, 3.05) is 37.7 Å². The number of benzene rings is 2. The van der Waals surface area contributed by atoms with Crippen LogP contribution < -0.4 is 4.90 Å². The summed E-state index contributed by atoms with van der Waals surface area (Å²) in [5.41, 5.74) is 1.04. The average Bonchev–Trinajstić information content (AvgIpc) is 2.73. The first-order chi connectivity index (χ1) is 13.6. The molecular formula is C21H19FN2O3S. The molecule has 7 heteroatoms. The van der Waals surface area contributed by atoms with Crippen LogP contribution in [0.5, 0.6) is 0 Å². The van der Waals surface area contributed by atoms with Crippen molar-refractivity contribution in [3.63, 3.8) is 0 Å². The summed E-state index contributed by atoms with van der Waals surface area (Å²) >= 11 is 1.29. The van der Waals surface area contributed by atoms with Gasteiger partial charge in [0, 0.05) is 23.5 Å². The van der Waals surface area contributed by atoms with Gasteiger partial charge in [0.25, 0.3) is 5.91 Å². The molecule has 2 aliphatic rings. The number of anilines is 1. The number of nitrogens with zero attached hydrogens (tertiary/aromatic N) is 2. The van der Waals surface area contributed by atoms with Crippen LogP contribution in [-0.2, 0) is 14.3 Å². The van der Waals surface area contributed by atoms with E-state index in [0.717, 1.165) is 4.90 Å². The Morgan fingerprint density at radius 1 is 1.11 bits per heavy atom. The summed E-state index contributed by atoms with van der Waals surface area (Å²) in [6.45, 7) is 2.00. The number of carbonyl (C=O) groups is 2. The fourth-order valence-corrected chi connectivity index (χ4v) is 4.25. The lowest BCUT2D eigenvalue weighted by Crippen LogP contribution is -2.48. The lowest BCUT2D eigenvalue weighted by atomic mass is 10.2. The Kier molecular flexibility index (Phi) is 5.45. The predicted octanol–water partition coefficient (Wildman–Crippen LogP) is 3.16. The van der Waals surface area contributed by atoms with Gasteiger partial charge in [0.1, 0.15) is 12.4 Å². The van der Waals surface area contributed by atoms with Gasteiger partial charge in [-0.1, -0.05) is 42.1 Å². The molecule has 0 saturated carbocycles. The SMILES string of the molecule is O=C(CN1C(=O)/C(=C/c2ccccc2F)Sc2ccccc21)N1CCOCC1. The van der Waals surface area contributed by atoms with Crippen LogP contribution in [-0.4, -0.2) is 49.6 Å². The van der Waals surface area contributed by atoms with E-state index in [1.165, 1.54) is 22.7 Å². The van der Waals surface area contributed by atoms with Gasteiger partial charge in [-0.3, -0.25) is 14.5 Å². The maximum Gasteiger partial charge on any atom is 0.265 e. The number of para-hydroxylation sites is 1. The molecule has 5 nitrogen and oxygen atoms in total. The summed E-state index contributed by atoms with van der Waals surface area (Å²) in [6, 6.07) is 13.8. The number of halogens is 1. The van der Waals surface area contributed by atoms with Crippen molar-refractivity contribution >= 4 is 35.3 Å². The average molecular weight is 398 g/mol. The second-order valence-corrected chi connectivity index (χ2v) is 7.57. The summed E-state index contributed by atoms with van der Waals surface area (Å²) in [5.74, 6) is -0.810. The highest BCUT2D eigenvalue weighted by molar-refractivity contribution is 8.04. The number of fused-ring (bicyclic) bond motifs is 1. The van der Waals surface area contributed by atoms with Gasteiger partial charge in [0.2, 0.25) is 5.91 Å². The molecule has 1 fully saturated rings. The molecule has 1 saturated heterocycles. The first-order valence-electron chi connectivity index (χ1n) is 9.04. The van der Waals surface area contributed by atoms with Gasteiger partial charge in [-0.15, -0.1) is 0 Å². The Labute approximate surface area is 166 Å². The molecule has 2 aromatic rings. The van der Waals surface area contributed by atoms with Gasteiger partial charge in [-0.25, -0.2) is 4.39 Å². The van der Waals surface area contributed by atoms with Crippen LogP contribution in [0.1, 0.15) is 5.56 Å². The largest absolute Gasteiger partial charge is 0.378 e. The van der Waals surface area contributed by atoms with Crippen LogP contribution >= 0.6 is 11.8 Å². The summed E-state index contributed by atoms with van der Waals surface area (Å²) in [4.78, 5) is 30.3. The molecule has 0 aromatic heterocycles. The number of morpholine rings is 1. The number of hydrogen-bond donors (Lipinski definition) is 0. The van der Waals surface area contributed by atoms with Crippen molar-refractivity contribution in [1.82, 2.24) is 4.90 Å². The summed E-state index contributed by atoms with van der Waals surface area (Å²) in [6.07, 6.45) is 1.55. The monoisotopic (exact) mass is 398 g/mol. The topological polar surface area (TPSA) is 49.9 Å². The number of thioether (sulfide) groups is 1. The number of amides is 2. The molecule has 2 aliphatic heterocycles. The smallest absolute Gasteiger partial charge is 0.265 e. The minimum Gasteiger partial charge on any atom is -0.378 e. The first-order valence-corrected chi connectivity index (χ1v) is 9.85. The van der Waals surface area contributed by atoms with Gasteiger partial charge in [-0.2, -0.15) is 0 Å². The molecule has 0 N–H and O–H groups in total. The standard InChI is InChI=1S/C21H19FN2O3S/c22-16-6-2-1-5-15(16)13-19-21(26)24(17-7-3-4-8-18(17)28-19)14-20(25)23-9-11-27-12-10-23/h1-8,13H,9-12,14H2/b19-13-. The molecule has 2 heterocycles. The number of rotatable bonds is 3. The Balaban J connectivity index is 1.65. The van der Waals surface area contributed by atoms with Gasteiger partial charge in [0.15, 0.2) is 0 Å². The minimum atomic E-state index is -0.391. The van der Waals surface area contributed by atoms with Gasteiger partial charge in [0.05, 0.1) is 23.8 Å². The number of hydrogen-bond acceptors (Lipinski definition) is 4. The molecule has 0 bridgehead atoms. The van der Waals surface area contributed by atoms with Crippen molar-refractivity contribution in [3.05, 3.63) is 64.8 Å². The zero-order chi connectivity index (χ0) is 19.5.